The second kappa shape index (κ2) is 10.3. The zero-order chi connectivity index (χ0) is 23.4. The zero-order valence-corrected chi connectivity index (χ0v) is 19.4. The first-order valence-electron chi connectivity index (χ1n) is 10.4. The van der Waals surface area contributed by atoms with Crippen LogP contribution in [0.1, 0.15) is 29.1 Å². The lowest BCUT2D eigenvalue weighted by Gasteiger charge is -2.30. The van der Waals surface area contributed by atoms with Crippen LogP contribution < -0.4 is 5.32 Å². The number of piperidine rings is 1. The predicted molar refractivity (Wildman–Crippen MR) is 124 cm³/mol. The van der Waals surface area contributed by atoms with E-state index in [0.717, 1.165) is 19.4 Å². The van der Waals surface area contributed by atoms with Gasteiger partial charge in [-0.2, -0.15) is 4.98 Å². The quantitative estimate of drug-likeness (QED) is 0.502. The molecule has 172 valence electrons. The first kappa shape index (κ1) is 23.2. The lowest BCUT2D eigenvalue weighted by atomic mass is 9.97. The number of nitrogens with zero attached hydrogens (tertiary/aromatic N) is 3. The number of carbonyl (C=O) groups is 2. The third-order valence-electron chi connectivity index (χ3n) is 5.46. The summed E-state index contributed by atoms with van der Waals surface area (Å²) in [5.74, 6) is -0.00445. The van der Waals surface area contributed by atoms with Crippen molar-refractivity contribution in [3.05, 3.63) is 64.0 Å². The highest BCUT2D eigenvalue weighted by molar-refractivity contribution is 6.34. The van der Waals surface area contributed by atoms with Crippen molar-refractivity contribution in [2.24, 2.45) is 5.92 Å². The largest absolute Gasteiger partial charge is 0.465 e. The van der Waals surface area contributed by atoms with Crippen molar-refractivity contribution < 1.29 is 18.8 Å². The van der Waals surface area contributed by atoms with Crippen molar-refractivity contribution in [1.29, 1.82) is 0 Å². The van der Waals surface area contributed by atoms with Gasteiger partial charge in [-0.3, -0.25) is 9.69 Å². The molecule has 1 aromatic heterocycles. The predicted octanol–water partition coefficient (Wildman–Crippen LogP) is 4.68. The van der Waals surface area contributed by atoms with Gasteiger partial charge in [-0.15, -0.1) is 0 Å². The van der Waals surface area contributed by atoms with Crippen molar-refractivity contribution in [1.82, 2.24) is 15.0 Å². The molecule has 1 aliphatic heterocycles. The molecular formula is C23H22Cl2N4O4. The SMILES string of the molecule is COC(=O)c1cc(NC(=O)C2CCCN(Cc3nc(-c4ccccc4Cl)no3)C2)ccc1Cl. The Morgan fingerprint density at radius 3 is 2.82 bits per heavy atom. The van der Waals surface area contributed by atoms with E-state index in [9.17, 15) is 9.59 Å². The number of likely N-dealkylation sites (tertiary alicyclic amines) is 1. The minimum Gasteiger partial charge on any atom is -0.465 e. The fraction of sp³-hybridized carbons (Fsp3) is 0.304. The van der Waals surface area contributed by atoms with Crippen LogP contribution in [0.15, 0.2) is 47.0 Å². The number of methoxy groups -OCH3 is 1. The Balaban J connectivity index is 1.38. The summed E-state index contributed by atoms with van der Waals surface area (Å²) < 4.78 is 10.1. The van der Waals surface area contributed by atoms with Crippen molar-refractivity contribution in [3.63, 3.8) is 0 Å². The van der Waals surface area contributed by atoms with Gasteiger partial charge in [0.15, 0.2) is 0 Å². The number of hydrogen-bond acceptors (Lipinski definition) is 7. The van der Waals surface area contributed by atoms with Gasteiger partial charge >= 0.3 is 5.97 Å². The normalized spacial score (nSPS) is 16.4. The van der Waals surface area contributed by atoms with Crippen LogP contribution >= 0.6 is 23.2 Å². The van der Waals surface area contributed by atoms with E-state index in [1.807, 2.05) is 18.2 Å². The summed E-state index contributed by atoms with van der Waals surface area (Å²) in [6.07, 6.45) is 1.62. The summed E-state index contributed by atoms with van der Waals surface area (Å²) >= 11 is 12.3. The molecule has 8 nitrogen and oxygen atoms in total. The number of amides is 1. The van der Waals surface area contributed by atoms with E-state index in [2.05, 4.69) is 20.4 Å². The highest BCUT2D eigenvalue weighted by Gasteiger charge is 2.27. The van der Waals surface area contributed by atoms with E-state index in [1.54, 1.807) is 18.2 Å². The van der Waals surface area contributed by atoms with E-state index in [1.165, 1.54) is 13.2 Å². The molecule has 1 amide bonds. The monoisotopic (exact) mass is 488 g/mol. The number of ether oxygens (including phenoxy) is 1. The standard InChI is InChI=1S/C23H22Cl2N4O4/c1-32-23(31)17-11-15(8-9-19(17)25)26-22(30)14-5-4-10-29(12-14)13-20-27-21(28-33-20)16-6-2-3-7-18(16)24/h2-3,6-9,11,14H,4-5,10,12-13H2,1H3,(H,26,30). The van der Waals surface area contributed by atoms with Crippen molar-refractivity contribution in [2.45, 2.75) is 19.4 Å². The van der Waals surface area contributed by atoms with E-state index in [4.69, 9.17) is 32.5 Å². The molecular weight excluding hydrogens is 467 g/mol. The van der Waals surface area contributed by atoms with Crippen LogP contribution in [0.4, 0.5) is 5.69 Å². The number of carbonyl (C=O) groups excluding carboxylic acids is 2. The van der Waals surface area contributed by atoms with Crippen LogP contribution in [0.2, 0.25) is 10.0 Å². The second-order valence-electron chi connectivity index (χ2n) is 7.74. The maximum absolute atomic E-state index is 12.9. The summed E-state index contributed by atoms with van der Waals surface area (Å²) in [6.45, 7) is 1.81. The van der Waals surface area contributed by atoms with E-state index in [-0.39, 0.29) is 22.4 Å². The third-order valence-corrected chi connectivity index (χ3v) is 6.12. The maximum atomic E-state index is 12.9. The van der Waals surface area contributed by atoms with Gasteiger partial charge in [-0.05, 0) is 49.7 Å². The maximum Gasteiger partial charge on any atom is 0.339 e. The van der Waals surface area contributed by atoms with E-state index in [0.29, 0.717) is 41.1 Å². The average Bonchev–Trinajstić information content (AvgIpc) is 3.28. The number of esters is 1. The Kier molecular flexibility index (Phi) is 7.27. The van der Waals surface area contributed by atoms with Crippen molar-refractivity contribution in [2.75, 3.05) is 25.5 Å². The van der Waals surface area contributed by atoms with Crippen LogP contribution in [0.5, 0.6) is 0 Å². The number of halogens is 2. The lowest BCUT2D eigenvalue weighted by molar-refractivity contribution is -0.121. The van der Waals surface area contributed by atoms with Gasteiger partial charge in [0.2, 0.25) is 17.6 Å². The van der Waals surface area contributed by atoms with Crippen LogP contribution in [0, 0.1) is 5.92 Å². The molecule has 2 heterocycles. The summed E-state index contributed by atoms with van der Waals surface area (Å²) in [4.78, 5) is 31.3. The lowest BCUT2D eigenvalue weighted by Crippen LogP contribution is -2.40. The first-order chi connectivity index (χ1) is 15.9. The molecule has 0 radical (unpaired) electrons. The minimum atomic E-state index is -0.560. The molecule has 33 heavy (non-hydrogen) atoms. The smallest absolute Gasteiger partial charge is 0.339 e. The fourth-order valence-electron chi connectivity index (χ4n) is 3.79. The van der Waals surface area contributed by atoms with Crippen LogP contribution in [0.3, 0.4) is 0 Å². The molecule has 1 aliphatic rings. The Morgan fingerprint density at radius 1 is 1.21 bits per heavy atom. The van der Waals surface area contributed by atoms with Gasteiger partial charge < -0.3 is 14.6 Å². The Morgan fingerprint density at radius 2 is 2.03 bits per heavy atom. The number of benzene rings is 2. The van der Waals surface area contributed by atoms with Gasteiger partial charge in [-0.25, -0.2) is 4.79 Å². The average molecular weight is 489 g/mol. The van der Waals surface area contributed by atoms with Crippen LogP contribution in [-0.2, 0) is 16.1 Å². The third kappa shape index (κ3) is 5.52. The molecule has 0 saturated carbocycles. The second-order valence-corrected chi connectivity index (χ2v) is 8.56. The zero-order valence-electron chi connectivity index (χ0n) is 17.9. The van der Waals surface area contributed by atoms with Crippen molar-refractivity contribution in [3.8, 4) is 11.4 Å². The fourth-order valence-corrected chi connectivity index (χ4v) is 4.20. The van der Waals surface area contributed by atoms with Gasteiger partial charge in [0.1, 0.15) is 0 Å². The summed E-state index contributed by atoms with van der Waals surface area (Å²) in [7, 11) is 1.28. The molecule has 1 unspecified atom stereocenters. The molecule has 1 fully saturated rings. The summed E-state index contributed by atoms with van der Waals surface area (Å²) in [5, 5.41) is 7.73. The molecule has 2 aromatic carbocycles. The van der Waals surface area contributed by atoms with E-state index >= 15 is 0 Å². The summed E-state index contributed by atoms with van der Waals surface area (Å²) in [6, 6.07) is 12.0. The van der Waals surface area contributed by atoms with Crippen LogP contribution in [-0.4, -0.2) is 47.1 Å². The topological polar surface area (TPSA) is 97.6 Å². The first-order valence-corrected chi connectivity index (χ1v) is 11.2. The number of hydrogen-bond donors (Lipinski definition) is 1. The number of anilines is 1. The molecule has 0 aliphatic carbocycles. The molecule has 1 N–H and O–H groups in total. The van der Waals surface area contributed by atoms with Gasteiger partial charge in [-0.1, -0.05) is 40.5 Å². The van der Waals surface area contributed by atoms with Crippen LogP contribution in [0.25, 0.3) is 11.4 Å². The molecule has 1 saturated heterocycles. The van der Waals surface area contributed by atoms with Gasteiger partial charge in [0.05, 0.1) is 35.2 Å². The van der Waals surface area contributed by atoms with Gasteiger partial charge in [0.25, 0.3) is 0 Å². The number of aromatic nitrogens is 2. The van der Waals surface area contributed by atoms with Gasteiger partial charge in [0, 0.05) is 17.8 Å². The molecule has 4 rings (SSSR count). The molecule has 0 spiro atoms. The number of rotatable bonds is 6. The Hall–Kier alpha value is -2.94. The highest BCUT2D eigenvalue weighted by atomic mass is 35.5. The Bertz CT molecular complexity index is 1170. The minimum absolute atomic E-state index is 0.125. The molecule has 10 heteroatoms. The molecule has 3 aromatic rings. The van der Waals surface area contributed by atoms with Crippen molar-refractivity contribution >= 4 is 40.8 Å². The molecule has 0 bridgehead atoms. The Labute approximate surface area is 200 Å². The van der Waals surface area contributed by atoms with E-state index < -0.39 is 5.97 Å². The molecule has 1 atom stereocenters. The summed E-state index contributed by atoms with van der Waals surface area (Å²) in [5.41, 5.74) is 1.40. The number of nitrogens with one attached hydrogen (secondary N) is 1. The highest BCUT2D eigenvalue weighted by Crippen LogP contribution is 2.26.